The topological polar surface area (TPSA) is 18.5 Å². The van der Waals surface area contributed by atoms with Crippen LogP contribution in [0.15, 0.2) is 0 Å². The summed E-state index contributed by atoms with van der Waals surface area (Å²) in [7, 11) is 0. The molecule has 0 aromatic carbocycles. The van der Waals surface area contributed by atoms with Gasteiger partial charge in [0, 0.05) is 6.61 Å². The Balaban J connectivity index is 2.08. The first-order valence-electron chi connectivity index (χ1n) is 4.63. The van der Waals surface area contributed by atoms with Crippen molar-refractivity contribution in [3.8, 4) is 0 Å². The van der Waals surface area contributed by atoms with E-state index in [9.17, 15) is 0 Å². The fraction of sp³-hybridized carbons (Fsp3) is 1.00. The second-order valence-corrected chi connectivity index (χ2v) is 3.01. The zero-order chi connectivity index (χ0) is 8.10. The average molecular weight is 158 g/mol. The Labute approximate surface area is 68.9 Å². The molecule has 0 saturated heterocycles. The van der Waals surface area contributed by atoms with Gasteiger partial charge in [-0.05, 0) is 26.2 Å². The number of ether oxygens (including phenoxy) is 2. The molecule has 1 aliphatic carbocycles. The molecule has 1 rings (SSSR count). The van der Waals surface area contributed by atoms with Gasteiger partial charge in [-0.1, -0.05) is 13.3 Å². The SMILES string of the molecule is CCCC(OCC)OC1CC1. The molecule has 1 atom stereocenters. The maximum absolute atomic E-state index is 5.62. The highest BCUT2D eigenvalue weighted by Gasteiger charge is 2.25. The number of hydrogen-bond acceptors (Lipinski definition) is 2. The van der Waals surface area contributed by atoms with Gasteiger partial charge < -0.3 is 9.47 Å². The van der Waals surface area contributed by atoms with Crippen LogP contribution in [0.25, 0.3) is 0 Å². The van der Waals surface area contributed by atoms with Gasteiger partial charge in [0.1, 0.15) is 0 Å². The van der Waals surface area contributed by atoms with Crippen LogP contribution in [0.1, 0.15) is 39.5 Å². The van der Waals surface area contributed by atoms with Gasteiger partial charge in [-0.25, -0.2) is 0 Å². The third-order valence-electron chi connectivity index (χ3n) is 1.75. The first-order valence-corrected chi connectivity index (χ1v) is 4.63. The van der Waals surface area contributed by atoms with Crippen molar-refractivity contribution < 1.29 is 9.47 Å². The minimum absolute atomic E-state index is 0.0671. The molecule has 1 saturated carbocycles. The second-order valence-electron chi connectivity index (χ2n) is 3.01. The Morgan fingerprint density at radius 3 is 2.55 bits per heavy atom. The maximum Gasteiger partial charge on any atom is 0.157 e. The minimum Gasteiger partial charge on any atom is -0.353 e. The van der Waals surface area contributed by atoms with Crippen LogP contribution >= 0.6 is 0 Å². The van der Waals surface area contributed by atoms with Crippen LogP contribution in [0.4, 0.5) is 0 Å². The number of rotatable bonds is 6. The average Bonchev–Trinajstić information content (AvgIpc) is 2.73. The fourth-order valence-corrected chi connectivity index (χ4v) is 1.03. The van der Waals surface area contributed by atoms with Crippen molar-refractivity contribution in [3.05, 3.63) is 0 Å². The summed E-state index contributed by atoms with van der Waals surface area (Å²) in [5.41, 5.74) is 0. The van der Waals surface area contributed by atoms with E-state index in [0.29, 0.717) is 6.10 Å². The third-order valence-corrected chi connectivity index (χ3v) is 1.75. The monoisotopic (exact) mass is 158 g/mol. The van der Waals surface area contributed by atoms with Crippen molar-refractivity contribution in [1.82, 2.24) is 0 Å². The third kappa shape index (κ3) is 3.73. The van der Waals surface area contributed by atoms with E-state index in [-0.39, 0.29) is 6.29 Å². The van der Waals surface area contributed by atoms with E-state index < -0.39 is 0 Å². The van der Waals surface area contributed by atoms with Gasteiger partial charge in [-0.15, -0.1) is 0 Å². The molecule has 1 unspecified atom stereocenters. The molecular weight excluding hydrogens is 140 g/mol. The minimum atomic E-state index is 0.0671. The largest absolute Gasteiger partial charge is 0.353 e. The summed E-state index contributed by atoms with van der Waals surface area (Å²) in [5, 5.41) is 0. The number of hydrogen-bond donors (Lipinski definition) is 0. The molecule has 2 heteroatoms. The lowest BCUT2D eigenvalue weighted by molar-refractivity contribution is -0.149. The normalized spacial score (nSPS) is 20.2. The van der Waals surface area contributed by atoms with E-state index in [4.69, 9.17) is 9.47 Å². The molecule has 0 aromatic heterocycles. The summed E-state index contributed by atoms with van der Waals surface area (Å²) in [4.78, 5) is 0. The van der Waals surface area contributed by atoms with Crippen LogP contribution in [-0.2, 0) is 9.47 Å². The van der Waals surface area contributed by atoms with Gasteiger partial charge >= 0.3 is 0 Å². The Morgan fingerprint density at radius 1 is 1.36 bits per heavy atom. The summed E-state index contributed by atoms with van der Waals surface area (Å²) >= 11 is 0. The van der Waals surface area contributed by atoms with Crippen molar-refractivity contribution in [2.24, 2.45) is 0 Å². The Kier molecular flexibility index (Phi) is 3.87. The van der Waals surface area contributed by atoms with Gasteiger partial charge in [0.25, 0.3) is 0 Å². The van der Waals surface area contributed by atoms with Gasteiger partial charge in [0.05, 0.1) is 6.10 Å². The predicted octanol–water partition coefficient (Wildman–Crippen LogP) is 2.33. The van der Waals surface area contributed by atoms with E-state index in [1.54, 1.807) is 0 Å². The van der Waals surface area contributed by atoms with Crippen LogP contribution in [0.5, 0.6) is 0 Å². The van der Waals surface area contributed by atoms with Crippen molar-refractivity contribution >= 4 is 0 Å². The lowest BCUT2D eigenvalue weighted by atomic mass is 10.3. The summed E-state index contributed by atoms with van der Waals surface area (Å²) in [5.74, 6) is 0. The molecular formula is C9H18O2. The molecule has 0 N–H and O–H groups in total. The Morgan fingerprint density at radius 2 is 2.09 bits per heavy atom. The van der Waals surface area contributed by atoms with Crippen LogP contribution < -0.4 is 0 Å². The van der Waals surface area contributed by atoms with E-state index in [2.05, 4.69) is 6.92 Å². The van der Waals surface area contributed by atoms with Gasteiger partial charge in [-0.2, -0.15) is 0 Å². The zero-order valence-electron chi connectivity index (χ0n) is 7.51. The first-order chi connectivity index (χ1) is 5.36. The summed E-state index contributed by atoms with van der Waals surface area (Å²) in [6.45, 7) is 4.93. The smallest absolute Gasteiger partial charge is 0.157 e. The summed E-state index contributed by atoms with van der Waals surface area (Å²) in [6, 6.07) is 0. The van der Waals surface area contributed by atoms with Gasteiger partial charge in [0.2, 0.25) is 0 Å². The molecule has 66 valence electrons. The van der Waals surface area contributed by atoms with Crippen LogP contribution in [0, 0.1) is 0 Å². The molecule has 0 radical (unpaired) electrons. The van der Waals surface area contributed by atoms with Crippen LogP contribution in [0.3, 0.4) is 0 Å². The molecule has 0 amide bonds. The Hall–Kier alpha value is -0.0800. The molecule has 11 heavy (non-hydrogen) atoms. The molecule has 1 fully saturated rings. The van der Waals surface area contributed by atoms with Crippen LogP contribution in [0.2, 0.25) is 0 Å². The van der Waals surface area contributed by atoms with Crippen molar-refractivity contribution in [2.75, 3.05) is 6.61 Å². The van der Waals surface area contributed by atoms with E-state index in [1.807, 2.05) is 6.92 Å². The molecule has 1 aliphatic rings. The Bertz CT molecular complexity index is 93.7. The maximum atomic E-state index is 5.62. The van der Waals surface area contributed by atoms with E-state index >= 15 is 0 Å². The van der Waals surface area contributed by atoms with E-state index in [0.717, 1.165) is 19.4 Å². The standard InChI is InChI=1S/C9H18O2/c1-3-5-9(10-4-2)11-8-6-7-8/h8-9H,3-7H2,1-2H3. The van der Waals surface area contributed by atoms with Crippen molar-refractivity contribution in [2.45, 2.75) is 51.9 Å². The lowest BCUT2D eigenvalue weighted by Gasteiger charge is -2.16. The zero-order valence-corrected chi connectivity index (χ0v) is 7.51. The van der Waals surface area contributed by atoms with E-state index in [1.165, 1.54) is 12.8 Å². The van der Waals surface area contributed by atoms with Crippen molar-refractivity contribution in [1.29, 1.82) is 0 Å². The molecule has 0 heterocycles. The molecule has 0 bridgehead atoms. The van der Waals surface area contributed by atoms with Gasteiger partial charge in [0.15, 0.2) is 6.29 Å². The molecule has 2 nitrogen and oxygen atoms in total. The van der Waals surface area contributed by atoms with Crippen LogP contribution in [-0.4, -0.2) is 19.0 Å². The lowest BCUT2D eigenvalue weighted by Crippen LogP contribution is -2.17. The summed E-state index contributed by atoms with van der Waals surface area (Å²) < 4.78 is 11.0. The van der Waals surface area contributed by atoms with Crippen molar-refractivity contribution in [3.63, 3.8) is 0 Å². The quantitative estimate of drug-likeness (QED) is 0.552. The first kappa shape index (κ1) is 9.01. The predicted molar refractivity (Wildman–Crippen MR) is 44.4 cm³/mol. The highest BCUT2D eigenvalue weighted by molar-refractivity contribution is 4.73. The van der Waals surface area contributed by atoms with Gasteiger partial charge in [-0.3, -0.25) is 0 Å². The highest BCUT2D eigenvalue weighted by atomic mass is 16.7. The molecule has 0 aromatic rings. The summed E-state index contributed by atoms with van der Waals surface area (Å²) in [6.07, 6.45) is 5.21. The highest BCUT2D eigenvalue weighted by Crippen LogP contribution is 2.26. The fourth-order valence-electron chi connectivity index (χ4n) is 1.03. The molecule has 0 spiro atoms. The molecule has 0 aliphatic heterocycles. The second kappa shape index (κ2) is 4.73.